The zero-order valence-corrected chi connectivity index (χ0v) is 11.6. The maximum atomic E-state index is 10.8. The largest absolute Gasteiger partial charge is 0.484 e. The number of aliphatic hydroxyl groups excluding tert-OH is 1. The van der Waals surface area contributed by atoms with Crippen LogP contribution in [0.3, 0.4) is 0 Å². The van der Waals surface area contributed by atoms with Crippen molar-refractivity contribution in [1.29, 1.82) is 0 Å². The van der Waals surface area contributed by atoms with Gasteiger partial charge in [-0.1, -0.05) is 11.6 Å². The third kappa shape index (κ3) is 4.41. The summed E-state index contributed by atoms with van der Waals surface area (Å²) in [5.41, 5.74) is -0.212. The SMILES string of the molecule is O=[N+]([O-])c1cc(Cl)cc(Br)c1OCCOCCO. The van der Waals surface area contributed by atoms with E-state index in [1.807, 2.05) is 0 Å². The van der Waals surface area contributed by atoms with Crippen LogP contribution in [0.5, 0.6) is 5.75 Å². The number of hydrogen-bond donors (Lipinski definition) is 1. The van der Waals surface area contributed by atoms with E-state index < -0.39 is 4.92 Å². The highest BCUT2D eigenvalue weighted by molar-refractivity contribution is 9.10. The predicted molar refractivity (Wildman–Crippen MR) is 69.2 cm³/mol. The van der Waals surface area contributed by atoms with Gasteiger partial charge in [0.1, 0.15) is 6.61 Å². The number of halogens is 2. The average Bonchev–Trinajstić information content (AvgIpc) is 2.30. The lowest BCUT2D eigenvalue weighted by atomic mass is 10.3. The van der Waals surface area contributed by atoms with E-state index in [0.717, 1.165) is 0 Å². The van der Waals surface area contributed by atoms with Crippen LogP contribution >= 0.6 is 27.5 Å². The summed E-state index contributed by atoms with van der Waals surface area (Å²) in [6, 6.07) is 2.73. The number of nitrogens with zero attached hydrogens (tertiary/aromatic N) is 1. The lowest BCUT2D eigenvalue weighted by molar-refractivity contribution is -0.386. The van der Waals surface area contributed by atoms with Gasteiger partial charge in [-0.05, 0) is 22.0 Å². The number of ether oxygens (including phenoxy) is 2. The number of aliphatic hydroxyl groups is 1. The van der Waals surface area contributed by atoms with Crippen molar-refractivity contribution in [3.8, 4) is 5.75 Å². The smallest absolute Gasteiger partial charge is 0.313 e. The average molecular weight is 341 g/mol. The minimum atomic E-state index is -0.569. The first kappa shape index (κ1) is 15.2. The second-order valence-corrected chi connectivity index (χ2v) is 4.47. The maximum Gasteiger partial charge on any atom is 0.313 e. The molecule has 1 N–H and O–H groups in total. The molecule has 0 aliphatic carbocycles. The summed E-state index contributed by atoms with van der Waals surface area (Å²) in [5, 5.41) is 19.6. The third-order valence-electron chi connectivity index (χ3n) is 1.90. The Morgan fingerprint density at radius 3 is 2.72 bits per heavy atom. The second-order valence-electron chi connectivity index (χ2n) is 3.18. The number of nitro benzene ring substituents is 1. The van der Waals surface area contributed by atoms with E-state index in [9.17, 15) is 10.1 Å². The Hall–Kier alpha value is -0.890. The molecule has 0 spiro atoms. The van der Waals surface area contributed by atoms with Crippen LogP contribution in [0, 0.1) is 10.1 Å². The molecule has 0 fully saturated rings. The molecule has 0 bridgehead atoms. The molecule has 1 aromatic rings. The molecule has 100 valence electrons. The van der Waals surface area contributed by atoms with Gasteiger partial charge in [-0.15, -0.1) is 0 Å². The van der Waals surface area contributed by atoms with E-state index in [0.29, 0.717) is 4.47 Å². The van der Waals surface area contributed by atoms with Gasteiger partial charge < -0.3 is 14.6 Å². The Kier molecular flexibility index (Phi) is 6.34. The van der Waals surface area contributed by atoms with Gasteiger partial charge in [-0.2, -0.15) is 0 Å². The minimum Gasteiger partial charge on any atom is -0.484 e. The number of nitro groups is 1. The first-order chi connectivity index (χ1) is 8.56. The quantitative estimate of drug-likeness (QED) is 0.468. The fourth-order valence-corrected chi connectivity index (χ4v) is 2.10. The maximum absolute atomic E-state index is 10.8. The van der Waals surface area contributed by atoms with E-state index in [1.54, 1.807) is 0 Å². The number of rotatable bonds is 7. The van der Waals surface area contributed by atoms with Crippen LogP contribution in [-0.4, -0.2) is 36.5 Å². The molecule has 0 saturated carbocycles. The van der Waals surface area contributed by atoms with Crippen molar-refractivity contribution in [2.24, 2.45) is 0 Å². The van der Waals surface area contributed by atoms with E-state index >= 15 is 0 Å². The summed E-state index contributed by atoms with van der Waals surface area (Å²) in [5.74, 6) is 0.108. The van der Waals surface area contributed by atoms with Gasteiger partial charge in [0.05, 0.1) is 29.2 Å². The molecule has 0 atom stereocenters. The molecule has 8 heteroatoms. The number of hydrogen-bond acceptors (Lipinski definition) is 5. The standard InChI is InChI=1S/C10H11BrClNO5/c11-8-5-7(12)6-9(13(15)16)10(8)18-4-3-17-2-1-14/h5-6,14H,1-4H2. The van der Waals surface area contributed by atoms with Crippen molar-refractivity contribution in [3.63, 3.8) is 0 Å². The molecule has 0 radical (unpaired) electrons. The van der Waals surface area contributed by atoms with E-state index in [1.165, 1.54) is 12.1 Å². The van der Waals surface area contributed by atoms with Gasteiger partial charge in [-0.3, -0.25) is 10.1 Å². The molecule has 18 heavy (non-hydrogen) atoms. The van der Waals surface area contributed by atoms with Crippen molar-refractivity contribution >= 4 is 33.2 Å². The Bertz CT molecular complexity index is 429. The minimum absolute atomic E-state index is 0.0786. The fraction of sp³-hybridized carbons (Fsp3) is 0.400. The predicted octanol–water partition coefficient (Wildman–Crippen LogP) is 2.40. The summed E-state index contributed by atoms with van der Waals surface area (Å²) in [6.45, 7) is 0.492. The first-order valence-electron chi connectivity index (χ1n) is 5.01. The van der Waals surface area contributed by atoms with Crippen LogP contribution in [0.15, 0.2) is 16.6 Å². The Morgan fingerprint density at radius 1 is 1.39 bits per heavy atom. The van der Waals surface area contributed by atoms with Crippen LogP contribution in [-0.2, 0) is 4.74 Å². The monoisotopic (exact) mass is 339 g/mol. The van der Waals surface area contributed by atoms with E-state index in [4.69, 9.17) is 26.2 Å². The molecule has 1 rings (SSSR count). The summed E-state index contributed by atoms with van der Waals surface area (Å²) in [6.07, 6.45) is 0. The molecule has 0 saturated heterocycles. The highest BCUT2D eigenvalue weighted by Gasteiger charge is 2.19. The van der Waals surface area contributed by atoms with Crippen LogP contribution in [0.4, 0.5) is 5.69 Å². The molecule has 0 heterocycles. The normalized spacial score (nSPS) is 10.4. The lowest BCUT2D eigenvalue weighted by Gasteiger charge is -2.09. The summed E-state index contributed by atoms with van der Waals surface area (Å²) >= 11 is 8.88. The van der Waals surface area contributed by atoms with Gasteiger partial charge in [0.15, 0.2) is 0 Å². The van der Waals surface area contributed by atoms with Gasteiger partial charge in [0.2, 0.25) is 5.75 Å². The van der Waals surface area contributed by atoms with Gasteiger partial charge in [-0.25, -0.2) is 0 Å². The van der Waals surface area contributed by atoms with Crippen LogP contribution in [0.1, 0.15) is 0 Å². The molecule has 1 aromatic carbocycles. The van der Waals surface area contributed by atoms with E-state index in [-0.39, 0.29) is 42.9 Å². The van der Waals surface area contributed by atoms with Crippen LogP contribution < -0.4 is 4.74 Å². The number of benzene rings is 1. The molecule has 0 aliphatic rings. The van der Waals surface area contributed by atoms with Crippen molar-refractivity contribution in [1.82, 2.24) is 0 Å². The van der Waals surface area contributed by atoms with Crippen molar-refractivity contribution < 1.29 is 19.5 Å². The first-order valence-corrected chi connectivity index (χ1v) is 6.18. The highest BCUT2D eigenvalue weighted by Crippen LogP contribution is 2.37. The summed E-state index contributed by atoms with van der Waals surface area (Å²) in [4.78, 5) is 10.3. The molecular weight excluding hydrogens is 329 g/mol. The molecule has 6 nitrogen and oxygen atoms in total. The molecular formula is C10H11BrClNO5. The zero-order valence-electron chi connectivity index (χ0n) is 9.27. The van der Waals surface area contributed by atoms with Gasteiger partial charge >= 0.3 is 5.69 Å². The topological polar surface area (TPSA) is 81.8 Å². The molecule has 0 amide bonds. The highest BCUT2D eigenvalue weighted by atomic mass is 79.9. The van der Waals surface area contributed by atoms with Crippen molar-refractivity contribution in [3.05, 3.63) is 31.7 Å². The Labute approximate surface area is 117 Å². The van der Waals surface area contributed by atoms with Crippen LogP contribution in [0.2, 0.25) is 5.02 Å². The van der Waals surface area contributed by atoms with Crippen LogP contribution in [0.25, 0.3) is 0 Å². The lowest BCUT2D eigenvalue weighted by Crippen LogP contribution is -2.10. The Balaban J connectivity index is 2.71. The van der Waals surface area contributed by atoms with Gasteiger partial charge in [0, 0.05) is 11.1 Å². The zero-order chi connectivity index (χ0) is 13.5. The fourth-order valence-electron chi connectivity index (χ4n) is 1.19. The van der Waals surface area contributed by atoms with Gasteiger partial charge in [0.25, 0.3) is 0 Å². The molecule has 0 unspecified atom stereocenters. The summed E-state index contributed by atoms with van der Waals surface area (Å²) in [7, 11) is 0. The van der Waals surface area contributed by atoms with Crippen molar-refractivity contribution in [2.75, 3.05) is 26.4 Å². The molecule has 0 aliphatic heterocycles. The Morgan fingerprint density at radius 2 is 2.11 bits per heavy atom. The van der Waals surface area contributed by atoms with E-state index in [2.05, 4.69) is 15.9 Å². The third-order valence-corrected chi connectivity index (χ3v) is 2.70. The summed E-state index contributed by atoms with van der Waals surface area (Å²) < 4.78 is 10.7. The second kappa shape index (κ2) is 7.52. The van der Waals surface area contributed by atoms with Crippen molar-refractivity contribution in [2.45, 2.75) is 0 Å². The molecule has 0 aromatic heterocycles.